The van der Waals surface area contributed by atoms with Crippen LogP contribution in [-0.4, -0.2) is 142 Å². The minimum absolute atomic E-state index is 0.0686. The highest BCUT2D eigenvalue weighted by atomic mass is 16.7. The van der Waals surface area contributed by atoms with Gasteiger partial charge in [-0.05, 0) is 38.5 Å². The lowest BCUT2D eigenvalue weighted by atomic mass is 9.98. The Hall–Kier alpha value is -1.27. The van der Waals surface area contributed by atoms with Crippen molar-refractivity contribution >= 4 is 5.97 Å². The molecule has 0 radical (unpaired) electrons. The van der Waals surface area contributed by atoms with Crippen LogP contribution in [0.3, 0.4) is 0 Å². The molecular weight excluding hydrogens is 957 g/mol. The maximum absolute atomic E-state index is 13.1. The number of carbonyl (C=O) groups is 1. The van der Waals surface area contributed by atoms with Gasteiger partial charge in [0.1, 0.15) is 54.9 Å². The second-order valence-electron chi connectivity index (χ2n) is 22.2. The topological polar surface area (TPSA) is 214 Å². The van der Waals surface area contributed by atoms with Gasteiger partial charge in [-0.2, -0.15) is 0 Å². The molecule has 75 heavy (non-hydrogen) atoms. The van der Waals surface area contributed by atoms with Gasteiger partial charge in [-0.25, -0.2) is 0 Å². The Balaban J connectivity index is 1.66. The van der Waals surface area contributed by atoms with Crippen molar-refractivity contribution in [3.8, 4) is 0 Å². The van der Waals surface area contributed by atoms with E-state index in [2.05, 4.69) is 26.0 Å². The molecule has 444 valence electrons. The number of aliphatic hydroxyl groups excluding tert-OH is 7. The molecule has 11 atom stereocenters. The zero-order valence-electron chi connectivity index (χ0n) is 47.8. The summed E-state index contributed by atoms with van der Waals surface area (Å²) in [7, 11) is 0. The largest absolute Gasteiger partial charge is 0.457 e. The third-order valence-corrected chi connectivity index (χ3v) is 15.3. The second kappa shape index (κ2) is 48.6. The van der Waals surface area contributed by atoms with Crippen LogP contribution in [0.5, 0.6) is 0 Å². The first-order valence-corrected chi connectivity index (χ1v) is 31.3. The van der Waals surface area contributed by atoms with Crippen LogP contribution < -0.4 is 0 Å². The number of esters is 1. The highest BCUT2D eigenvalue weighted by Gasteiger charge is 2.47. The van der Waals surface area contributed by atoms with E-state index < -0.39 is 80.7 Å². The van der Waals surface area contributed by atoms with Gasteiger partial charge in [0.15, 0.2) is 12.6 Å². The number of hydrogen-bond donors (Lipinski definition) is 7. The van der Waals surface area contributed by atoms with Crippen LogP contribution in [0.15, 0.2) is 12.2 Å². The number of aliphatic hydroxyl groups is 7. The molecule has 0 saturated carbocycles. The van der Waals surface area contributed by atoms with Gasteiger partial charge < -0.3 is 64.2 Å². The van der Waals surface area contributed by atoms with E-state index in [0.29, 0.717) is 13.0 Å². The Morgan fingerprint density at radius 3 is 1.21 bits per heavy atom. The smallest absolute Gasteiger partial charge is 0.306 e. The van der Waals surface area contributed by atoms with Crippen LogP contribution in [0.25, 0.3) is 0 Å². The Morgan fingerprint density at radius 1 is 0.427 bits per heavy atom. The zero-order chi connectivity index (χ0) is 54.4. The molecule has 0 aliphatic carbocycles. The summed E-state index contributed by atoms with van der Waals surface area (Å²) in [6.45, 7) is 3.76. The van der Waals surface area contributed by atoms with Gasteiger partial charge in [0.05, 0.1) is 26.4 Å². The van der Waals surface area contributed by atoms with Crippen molar-refractivity contribution in [3.63, 3.8) is 0 Å². The third-order valence-electron chi connectivity index (χ3n) is 15.3. The van der Waals surface area contributed by atoms with Gasteiger partial charge in [-0.3, -0.25) is 4.79 Å². The highest BCUT2D eigenvalue weighted by molar-refractivity contribution is 5.69. The molecular formula is C61H116O14. The first-order chi connectivity index (χ1) is 36.6. The van der Waals surface area contributed by atoms with Gasteiger partial charge >= 0.3 is 5.97 Å². The Labute approximate surface area is 456 Å². The summed E-state index contributed by atoms with van der Waals surface area (Å²) in [6, 6.07) is 0. The van der Waals surface area contributed by atoms with E-state index in [1.165, 1.54) is 205 Å². The quantitative estimate of drug-likeness (QED) is 0.0172. The van der Waals surface area contributed by atoms with Gasteiger partial charge in [0.25, 0.3) is 0 Å². The maximum atomic E-state index is 13.1. The molecule has 0 spiro atoms. The van der Waals surface area contributed by atoms with Crippen molar-refractivity contribution in [2.75, 3.05) is 33.0 Å². The molecule has 2 aliphatic heterocycles. The van der Waals surface area contributed by atoms with Crippen molar-refractivity contribution in [2.24, 2.45) is 0 Å². The molecule has 14 heteroatoms. The predicted molar refractivity (Wildman–Crippen MR) is 298 cm³/mol. The molecule has 0 amide bonds. The number of rotatable bonds is 52. The molecule has 0 aromatic carbocycles. The number of carbonyl (C=O) groups excluding carboxylic acids is 1. The standard InChI is InChI=1S/C61H116O14/c1-3-5-7-9-11-13-15-17-19-21-22-23-24-25-26-27-28-29-30-32-34-36-38-40-42-44-53(63)73-50(47-70-45-43-41-39-37-35-33-31-20-18-16-14-12-10-8-6-4-2)48-71-60-59(69)57(67)55(65)52(75-60)49-72-61-58(68)56(66)54(64)51(46-62)74-61/h21-22,50-52,54-62,64-69H,3-20,23-49H2,1-2H3/b22-21-. The van der Waals surface area contributed by atoms with Crippen molar-refractivity contribution in [1.82, 2.24) is 0 Å². The minimum Gasteiger partial charge on any atom is -0.457 e. The lowest BCUT2D eigenvalue weighted by molar-refractivity contribution is -0.332. The van der Waals surface area contributed by atoms with Crippen molar-refractivity contribution in [2.45, 2.75) is 338 Å². The summed E-state index contributed by atoms with van der Waals surface area (Å²) in [4.78, 5) is 13.1. The molecule has 11 unspecified atom stereocenters. The summed E-state index contributed by atoms with van der Waals surface area (Å²) < 4.78 is 34.5. The summed E-state index contributed by atoms with van der Waals surface area (Å²) in [5.41, 5.74) is 0. The predicted octanol–water partition coefficient (Wildman–Crippen LogP) is 11.8. The highest BCUT2D eigenvalue weighted by Crippen LogP contribution is 2.27. The van der Waals surface area contributed by atoms with Crippen LogP contribution >= 0.6 is 0 Å². The number of hydrogen-bond acceptors (Lipinski definition) is 14. The lowest BCUT2D eigenvalue weighted by Gasteiger charge is -2.42. The van der Waals surface area contributed by atoms with E-state index in [-0.39, 0.29) is 25.6 Å². The molecule has 0 aromatic heterocycles. The van der Waals surface area contributed by atoms with E-state index in [1.54, 1.807) is 0 Å². The van der Waals surface area contributed by atoms with E-state index in [4.69, 9.17) is 28.4 Å². The average Bonchev–Trinajstić information content (AvgIpc) is 3.41. The Kier molecular flexibility index (Phi) is 45.3. The summed E-state index contributed by atoms with van der Waals surface area (Å²) in [6.07, 6.45) is 38.5. The van der Waals surface area contributed by atoms with E-state index in [0.717, 1.165) is 38.5 Å². The van der Waals surface area contributed by atoms with Crippen molar-refractivity contribution < 1.29 is 69.0 Å². The van der Waals surface area contributed by atoms with Gasteiger partial charge in [0.2, 0.25) is 0 Å². The molecule has 2 aliphatic rings. The van der Waals surface area contributed by atoms with Crippen LogP contribution in [0.2, 0.25) is 0 Å². The molecule has 2 rings (SSSR count). The SMILES string of the molecule is CCCCCCCCCC/C=C\CCCCCCCCCCCCCCCC(=O)OC(COCCCCCCCCCCCCCCCCCC)COC1OC(COC2OC(CO)C(O)C(O)C2O)C(O)C(O)C1O. The van der Waals surface area contributed by atoms with Gasteiger partial charge in [-0.15, -0.1) is 0 Å². The molecule has 14 nitrogen and oxygen atoms in total. The first-order valence-electron chi connectivity index (χ1n) is 31.3. The number of unbranched alkanes of at least 4 members (excludes halogenated alkanes) is 36. The fraction of sp³-hybridized carbons (Fsp3) is 0.951. The summed E-state index contributed by atoms with van der Waals surface area (Å²) >= 11 is 0. The van der Waals surface area contributed by atoms with E-state index >= 15 is 0 Å². The van der Waals surface area contributed by atoms with Crippen LogP contribution in [-0.2, 0) is 33.2 Å². The number of ether oxygens (including phenoxy) is 6. The zero-order valence-corrected chi connectivity index (χ0v) is 47.8. The van der Waals surface area contributed by atoms with Crippen molar-refractivity contribution in [3.05, 3.63) is 12.2 Å². The summed E-state index contributed by atoms with van der Waals surface area (Å²) in [5.74, 6) is -0.369. The van der Waals surface area contributed by atoms with E-state index in [9.17, 15) is 40.5 Å². The molecule has 0 bridgehead atoms. The fourth-order valence-corrected chi connectivity index (χ4v) is 10.2. The fourth-order valence-electron chi connectivity index (χ4n) is 10.2. The Morgan fingerprint density at radius 2 is 0.787 bits per heavy atom. The van der Waals surface area contributed by atoms with Gasteiger partial charge in [-0.1, -0.05) is 238 Å². The van der Waals surface area contributed by atoms with Crippen LogP contribution in [0, 0.1) is 0 Å². The second-order valence-corrected chi connectivity index (χ2v) is 22.2. The lowest BCUT2D eigenvalue weighted by Crippen LogP contribution is -2.61. The minimum atomic E-state index is -1.70. The number of allylic oxidation sites excluding steroid dienone is 2. The first kappa shape index (κ1) is 69.8. The molecule has 0 aromatic rings. The molecule has 2 fully saturated rings. The van der Waals surface area contributed by atoms with Crippen LogP contribution in [0.4, 0.5) is 0 Å². The molecule has 2 heterocycles. The third kappa shape index (κ3) is 35.2. The maximum Gasteiger partial charge on any atom is 0.306 e. The normalized spacial score (nSPS) is 24.6. The van der Waals surface area contributed by atoms with Crippen molar-refractivity contribution in [1.29, 1.82) is 0 Å². The monoisotopic (exact) mass is 1070 g/mol. The van der Waals surface area contributed by atoms with Crippen LogP contribution in [0.1, 0.15) is 271 Å². The molecule has 2 saturated heterocycles. The molecule has 7 N–H and O–H groups in total. The van der Waals surface area contributed by atoms with E-state index in [1.807, 2.05) is 0 Å². The Bertz CT molecular complexity index is 1290. The summed E-state index contributed by atoms with van der Waals surface area (Å²) in [5, 5.41) is 72.4. The average molecular weight is 1070 g/mol. The van der Waals surface area contributed by atoms with Gasteiger partial charge in [0, 0.05) is 13.0 Å².